The van der Waals surface area contributed by atoms with Crippen LogP contribution in [0.25, 0.3) is 16.7 Å². The molecule has 5 nitrogen and oxygen atoms in total. The summed E-state index contributed by atoms with van der Waals surface area (Å²) in [6, 6.07) is 15.3. The second-order valence-electron chi connectivity index (χ2n) is 7.10. The molecule has 0 unspecified atom stereocenters. The average molecular weight is 389 g/mol. The second-order valence-corrected chi connectivity index (χ2v) is 7.10. The highest BCUT2D eigenvalue weighted by Crippen LogP contribution is 2.22. The zero-order valence-electron chi connectivity index (χ0n) is 16.4. The van der Waals surface area contributed by atoms with Gasteiger partial charge in [-0.2, -0.15) is 0 Å². The highest BCUT2D eigenvalue weighted by Gasteiger charge is 2.19. The maximum atomic E-state index is 13.7. The molecule has 4 aromatic rings. The minimum absolute atomic E-state index is 0.0872. The van der Waals surface area contributed by atoms with Crippen molar-refractivity contribution in [2.75, 3.05) is 0 Å². The van der Waals surface area contributed by atoms with Crippen molar-refractivity contribution in [3.8, 4) is 5.69 Å². The van der Waals surface area contributed by atoms with Crippen LogP contribution < -0.4 is 5.56 Å². The molecule has 0 aliphatic rings. The normalized spacial score (nSPS) is 11.2. The van der Waals surface area contributed by atoms with Crippen molar-refractivity contribution < 1.29 is 9.18 Å². The molecule has 0 radical (unpaired) electrons. The van der Waals surface area contributed by atoms with Crippen LogP contribution in [-0.2, 0) is 6.54 Å². The Morgan fingerprint density at radius 3 is 2.55 bits per heavy atom. The molecule has 0 N–H and O–H groups in total. The topological polar surface area (TPSA) is 56.9 Å². The van der Waals surface area contributed by atoms with E-state index in [1.807, 2.05) is 36.6 Å². The van der Waals surface area contributed by atoms with Gasteiger partial charge in [0.25, 0.3) is 5.56 Å². The van der Waals surface area contributed by atoms with E-state index in [4.69, 9.17) is 0 Å². The molecule has 146 valence electrons. The molecule has 6 heteroatoms. The van der Waals surface area contributed by atoms with E-state index in [0.29, 0.717) is 33.7 Å². The minimum atomic E-state index is -0.340. The Morgan fingerprint density at radius 1 is 1.03 bits per heavy atom. The number of para-hydroxylation sites is 2. The molecule has 2 aromatic heterocycles. The summed E-state index contributed by atoms with van der Waals surface area (Å²) in [7, 11) is 0. The van der Waals surface area contributed by atoms with Crippen LogP contribution in [0.4, 0.5) is 4.39 Å². The zero-order valence-corrected chi connectivity index (χ0v) is 16.4. The Kier molecular flexibility index (Phi) is 4.62. The predicted octanol–water partition coefficient (Wildman–Crippen LogP) is 4.13. The first-order chi connectivity index (χ1) is 13.9. The van der Waals surface area contributed by atoms with Crippen molar-refractivity contribution in [2.45, 2.75) is 27.3 Å². The van der Waals surface area contributed by atoms with Crippen LogP contribution in [0.5, 0.6) is 0 Å². The SMILES string of the molecule is Cc1nc2ccccc2n(CC(=O)c2cc(C)n(-c3cccc(F)c3)c2C)c1=O. The van der Waals surface area contributed by atoms with Gasteiger partial charge in [0, 0.05) is 22.6 Å². The molecular weight excluding hydrogens is 369 g/mol. The van der Waals surface area contributed by atoms with Crippen molar-refractivity contribution >= 4 is 16.8 Å². The van der Waals surface area contributed by atoms with Crippen molar-refractivity contribution in [3.63, 3.8) is 0 Å². The van der Waals surface area contributed by atoms with Crippen molar-refractivity contribution in [2.24, 2.45) is 0 Å². The van der Waals surface area contributed by atoms with Gasteiger partial charge in [-0.15, -0.1) is 0 Å². The quantitative estimate of drug-likeness (QED) is 0.493. The minimum Gasteiger partial charge on any atom is -0.318 e. The van der Waals surface area contributed by atoms with Gasteiger partial charge < -0.3 is 4.57 Å². The fourth-order valence-electron chi connectivity index (χ4n) is 3.76. The first-order valence-corrected chi connectivity index (χ1v) is 9.31. The van der Waals surface area contributed by atoms with Gasteiger partial charge in [-0.1, -0.05) is 18.2 Å². The molecule has 29 heavy (non-hydrogen) atoms. The number of aryl methyl sites for hydroxylation is 2. The molecule has 0 atom stereocenters. The predicted molar refractivity (Wildman–Crippen MR) is 110 cm³/mol. The monoisotopic (exact) mass is 389 g/mol. The van der Waals surface area contributed by atoms with E-state index in [0.717, 1.165) is 5.69 Å². The van der Waals surface area contributed by atoms with Crippen LogP contribution in [0.15, 0.2) is 59.4 Å². The maximum Gasteiger partial charge on any atom is 0.272 e. The van der Waals surface area contributed by atoms with Gasteiger partial charge in [-0.25, -0.2) is 9.37 Å². The number of rotatable bonds is 4. The standard InChI is InChI=1S/C23H20FN3O2/c1-14-11-19(16(3)27(14)18-8-6-7-17(24)12-18)22(28)13-26-21-10-5-4-9-20(21)25-15(2)23(26)29/h4-12H,13H2,1-3H3. The summed E-state index contributed by atoms with van der Waals surface area (Å²) in [6.07, 6.45) is 0. The van der Waals surface area contributed by atoms with Crippen LogP contribution in [0.3, 0.4) is 0 Å². The van der Waals surface area contributed by atoms with E-state index in [1.54, 1.807) is 31.2 Å². The summed E-state index contributed by atoms with van der Waals surface area (Å²) >= 11 is 0. The molecule has 0 saturated carbocycles. The average Bonchev–Trinajstić information content (AvgIpc) is 2.99. The Labute approximate surface area is 167 Å². The summed E-state index contributed by atoms with van der Waals surface area (Å²) in [6.45, 7) is 5.25. The molecule has 4 rings (SSSR count). The Hall–Kier alpha value is -3.54. The van der Waals surface area contributed by atoms with Gasteiger partial charge in [0.15, 0.2) is 5.78 Å². The number of carbonyl (C=O) groups is 1. The van der Waals surface area contributed by atoms with Gasteiger partial charge in [0.2, 0.25) is 0 Å². The van der Waals surface area contributed by atoms with Crippen molar-refractivity contribution in [1.82, 2.24) is 14.1 Å². The van der Waals surface area contributed by atoms with E-state index in [2.05, 4.69) is 4.98 Å². The maximum absolute atomic E-state index is 13.7. The van der Waals surface area contributed by atoms with E-state index < -0.39 is 0 Å². The van der Waals surface area contributed by atoms with E-state index >= 15 is 0 Å². The third-order valence-electron chi connectivity index (χ3n) is 5.12. The highest BCUT2D eigenvalue weighted by molar-refractivity contribution is 5.98. The number of carbonyl (C=O) groups excluding carboxylic acids is 1. The van der Waals surface area contributed by atoms with Crippen LogP contribution >= 0.6 is 0 Å². The fourth-order valence-corrected chi connectivity index (χ4v) is 3.76. The summed E-state index contributed by atoms with van der Waals surface area (Å²) in [4.78, 5) is 30.1. The lowest BCUT2D eigenvalue weighted by Gasteiger charge is -2.12. The fraction of sp³-hybridized carbons (Fsp3) is 0.174. The Bertz CT molecular complexity index is 1320. The van der Waals surface area contributed by atoms with Crippen LogP contribution in [0.1, 0.15) is 27.4 Å². The summed E-state index contributed by atoms with van der Waals surface area (Å²) in [5.74, 6) is -0.522. The number of Topliss-reactive ketones (excluding diaryl/α,β-unsaturated/α-hetero) is 1. The number of hydrogen-bond donors (Lipinski definition) is 0. The number of aromatic nitrogens is 3. The van der Waals surface area contributed by atoms with Gasteiger partial charge in [-0.3, -0.25) is 14.2 Å². The highest BCUT2D eigenvalue weighted by atomic mass is 19.1. The number of ketones is 1. The van der Waals surface area contributed by atoms with Crippen LogP contribution in [0.2, 0.25) is 0 Å². The summed E-state index contributed by atoms with van der Waals surface area (Å²) in [5, 5.41) is 0. The van der Waals surface area contributed by atoms with Crippen LogP contribution in [-0.4, -0.2) is 19.9 Å². The van der Waals surface area contributed by atoms with Crippen molar-refractivity contribution in [3.05, 3.63) is 93.4 Å². The molecular formula is C23H20FN3O2. The van der Waals surface area contributed by atoms with E-state index in [9.17, 15) is 14.0 Å². The third-order valence-corrected chi connectivity index (χ3v) is 5.12. The number of benzene rings is 2. The summed E-state index contributed by atoms with van der Waals surface area (Å²) in [5.41, 5.74) is 4.05. The molecule has 0 spiro atoms. The van der Waals surface area contributed by atoms with E-state index in [1.165, 1.54) is 16.7 Å². The zero-order chi connectivity index (χ0) is 20.7. The molecule has 0 bridgehead atoms. The lowest BCUT2D eigenvalue weighted by Crippen LogP contribution is -2.27. The number of hydrogen-bond acceptors (Lipinski definition) is 3. The van der Waals surface area contributed by atoms with Crippen molar-refractivity contribution in [1.29, 1.82) is 0 Å². The lowest BCUT2D eigenvalue weighted by molar-refractivity contribution is 0.0971. The van der Waals surface area contributed by atoms with E-state index in [-0.39, 0.29) is 23.7 Å². The Morgan fingerprint density at radius 2 is 1.79 bits per heavy atom. The molecule has 0 aliphatic heterocycles. The second kappa shape index (κ2) is 7.13. The Balaban J connectivity index is 1.78. The van der Waals surface area contributed by atoms with Gasteiger partial charge in [0.1, 0.15) is 11.5 Å². The molecule has 0 amide bonds. The number of fused-ring (bicyclic) bond motifs is 1. The molecule has 2 aromatic carbocycles. The molecule has 0 fully saturated rings. The van der Waals surface area contributed by atoms with Gasteiger partial charge in [-0.05, 0) is 57.2 Å². The molecule has 2 heterocycles. The lowest BCUT2D eigenvalue weighted by atomic mass is 10.1. The number of halogens is 1. The summed E-state index contributed by atoms with van der Waals surface area (Å²) < 4.78 is 17.0. The largest absolute Gasteiger partial charge is 0.318 e. The first-order valence-electron chi connectivity index (χ1n) is 9.31. The smallest absolute Gasteiger partial charge is 0.272 e. The molecule has 0 saturated heterocycles. The number of nitrogens with zero attached hydrogens (tertiary/aromatic N) is 3. The third kappa shape index (κ3) is 3.27. The first kappa shape index (κ1) is 18.8. The van der Waals surface area contributed by atoms with Crippen LogP contribution in [0, 0.1) is 26.6 Å². The van der Waals surface area contributed by atoms with Gasteiger partial charge in [0.05, 0.1) is 17.6 Å². The molecule has 0 aliphatic carbocycles. The van der Waals surface area contributed by atoms with Gasteiger partial charge >= 0.3 is 0 Å².